The van der Waals surface area contributed by atoms with Gasteiger partial charge in [-0.05, 0) is 18.2 Å². The molecule has 0 bridgehead atoms. The molecule has 0 unspecified atom stereocenters. The summed E-state index contributed by atoms with van der Waals surface area (Å²) in [6.45, 7) is 2.58. The van der Waals surface area contributed by atoms with E-state index in [-0.39, 0.29) is 4.21 Å². The van der Waals surface area contributed by atoms with Crippen LogP contribution in [0.4, 0.5) is 5.69 Å². The fourth-order valence-corrected chi connectivity index (χ4v) is 4.51. The van der Waals surface area contributed by atoms with Gasteiger partial charge in [-0.15, -0.1) is 11.3 Å². The smallest absolute Gasteiger partial charge is 0.271 e. The minimum absolute atomic E-state index is 0.153. The quantitative estimate of drug-likeness (QED) is 0.743. The standard InChI is InChI=1S/C15H13N3O5S2/c1-9-16-15(17-23-9)10-6-14(24-8-10)25(19,20)18-11-2-3-12-13(7-11)22-5-4-21-12/h2-3,6-8,18H,4-5H2,1H3. The van der Waals surface area contributed by atoms with Crippen LogP contribution in [0, 0.1) is 6.92 Å². The molecule has 3 aromatic rings. The van der Waals surface area contributed by atoms with E-state index in [1.165, 1.54) is 6.07 Å². The summed E-state index contributed by atoms with van der Waals surface area (Å²) in [6, 6.07) is 6.41. The lowest BCUT2D eigenvalue weighted by molar-refractivity contribution is 0.171. The van der Waals surface area contributed by atoms with Gasteiger partial charge in [0, 0.05) is 23.9 Å². The van der Waals surface area contributed by atoms with Crippen LogP contribution >= 0.6 is 11.3 Å². The summed E-state index contributed by atoms with van der Waals surface area (Å²) < 4.78 is 43.7. The molecule has 0 aliphatic carbocycles. The lowest BCUT2D eigenvalue weighted by atomic mass is 10.3. The number of nitrogens with zero attached hydrogens (tertiary/aromatic N) is 2. The van der Waals surface area contributed by atoms with E-state index in [1.807, 2.05) is 0 Å². The number of nitrogens with one attached hydrogen (secondary N) is 1. The third kappa shape index (κ3) is 3.17. The van der Waals surface area contributed by atoms with Crippen molar-refractivity contribution in [3.8, 4) is 22.9 Å². The first-order valence-electron chi connectivity index (χ1n) is 7.33. The predicted octanol–water partition coefficient (Wildman–Crippen LogP) is 2.68. The van der Waals surface area contributed by atoms with Gasteiger partial charge in [0.25, 0.3) is 10.0 Å². The molecule has 0 amide bonds. The Kier molecular flexibility index (Phi) is 3.85. The van der Waals surface area contributed by atoms with Gasteiger partial charge in [0.1, 0.15) is 17.4 Å². The first kappa shape index (κ1) is 15.9. The van der Waals surface area contributed by atoms with Gasteiger partial charge in [-0.25, -0.2) is 8.42 Å². The molecule has 0 atom stereocenters. The van der Waals surface area contributed by atoms with E-state index in [0.29, 0.717) is 47.7 Å². The molecule has 0 fully saturated rings. The fourth-order valence-electron chi connectivity index (χ4n) is 2.30. The lowest BCUT2D eigenvalue weighted by Crippen LogP contribution is -2.16. The SMILES string of the molecule is Cc1nc(-c2csc(S(=O)(=O)Nc3ccc4c(c3)OCCO4)c2)no1. The number of aromatic nitrogens is 2. The molecule has 0 radical (unpaired) electrons. The summed E-state index contributed by atoms with van der Waals surface area (Å²) in [5, 5.41) is 5.46. The fraction of sp³-hybridized carbons (Fsp3) is 0.200. The van der Waals surface area contributed by atoms with Gasteiger partial charge in [0.2, 0.25) is 11.7 Å². The minimum atomic E-state index is -3.73. The molecule has 10 heteroatoms. The second kappa shape index (κ2) is 6.05. The van der Waals surface area contributed by atoms with Gasteiger partial charge in [-0.3, -0.25) is 4.72 Å². The van der Waals surface area contributed by atoms with Crippen molar-refractivity contribution in [1.29, 1.82) is 0 Å². The Morgan fingerprint density at radius 2 is 1.96 bits per heavy atom. The summed E-state index contributed by atoms with van der Waals surface area (Å²) in [7, 11) is -3.73. The summed E-state index contributed by atoms with van der Waals surface area (Å²) in [4.78, 5) is 4.09. The average molecular weight is 379 g/mol. The van der Waals surface area contributed by atoms with Crippen molar-refractivity contribution in [3.63, 3.8) is 0 Å². The van der Waals surface area contributed by atoms with Crippen LogP contribution in [0.25, 0.3) is 11.4 Å². The maximum Gasteiger partial charge on any atom is 0.271 e. The second-order valence-corrected chi connectivity index (χ2v) is 8.08. The average Bonchev–Trinajstić information content (AvgIpc) is 3.23. The van der Waals surface area contributed by atoms with E-state index in [2.05, 4.69) is 14.9 Å². The molecule has 8 nitrogen and oxygen atoms in total. The van der Waals surface area contributed by atoms with Crippen LogP contribution in [0.3, 0.4) is 0 Å². The van der Waals surface area contributed by atoms with Gasteiger partial charge >= 0.3 is 0 Å². The third-order valence-corrected chi connectivity index (χ3v) is 6.24. The number of aryl methyl sites for hydroxylation is 1. The molecule has 1 N–H and O–H groups in total. The largest absolute Gasteiger partial charge is 0.486 e. The summed E-state index contributed by atoms with van der Waals surface area (Å²) in [5.74, 6) is 1.88. The molecule has 4 rings (SSSR count). The van der Waals surface area contributed by atoms with Crippen molar-refractivity contribution in [2.24, 2.45) is 0 Å². The van der Waals surface area contributed by atoms with Gasteiger partial charge in [0.15, 0.2) is 11.5 Å². The highest BCUT2D eigenvalue weighted by Gasteiger charge is 2.20. The second-order valence-electron chi connectivity index (χ2n) is 5.26. The number of fused-ring (bicyclic) bond motifs is 1. The molecule has 3 heterocycles. The Bertz CT molecular complexity index is 1030. The van der Waals surface area contributed by atoms with Gasteiger partial charge < -0.3 is 14.0 Å². The number of hydrogen-bond donors (Lipinski definition) is 1. The number of benzene rings is 1. The zero-order valence-electron chi connectivity index (χ0n) is 13.1. The molecule has 1 aromatic carbocycles. The summed E-state index contributed by atoms with van der Waals surface area (Å²) in [5.41, 5.74) is 0.985. The van der Waals surface area contributed by atoms with Crippen molar-refractivity contribution in [2.45, 2.75) is 11.1 Å². The van der Waals surface area contributed by atoms with E-state index in [0.717, 1.165) is 11.3 Å². The molecule has 1 aliphatic rings. The monoisotopic (exact) mass is 379 g/mol. The zero-order chi connectivity index (χ0) is 17.4. The summed E-state index contributed by atoms with van der Waals surface area (Å²) in [6.07, 6.45) is 0. The molecule has 2 aromatic heterocycles. The number of rotatable bonds is 4. The van der Waals surface area contributed by atoms with Crippen molar-refractivity contribution >= 4 is 27.0 Å². The van der Waals surface area contributed by atoms with Crippen LogP contribution in [-0.2, 0) is 10.0 Å². The van der Waals surface area contributed by atoms with E-state index in [9.17, 15) is 8.42 Å². The molecule has 0 spiro atoms. The molecule has 0 saturated carbocycles. The normalized spacial score (nSPS) is 13.6. The van der Waals surface area contributed by atoms with Crippen LogP contribution in [0.2, 0.25) is 0 Å². The first-order valence-corrected chi connectivity index (χ1v) is 9.69. The number of hydrogen-bond acceptors (Lipinski definition) is 8. The molecule has 25 heavy (non-hydrogen) atoms. The van der Waals surface area contributed by atoms with Crippen LogP contribution in [0.5, 0.6) is 11.5 Å². The van der Waals surface area contributed by atoms with Gasteiger partial charge in [-0.1, -0.05) is 5.16 Å². The summed E-state index contributed by atoms with van der Waals surface area (Å²) >= 11 is 1.08. The maximum atomic E-state index is 12.6. The number of sulfonamides is 1. The minimum Gasteiger partial charge on any atom is -0.486 e. The number of thiophene rings is 1. The highest BCUT2D eigenvalue weighted by Crippen LogP contribution is 2.34. The molecule has 0 saturated heterocycles. The Labute approximate surface area is 147 Å². The Hall–Kier alpha value is -2.59. The van der Waals surface area contributed by atoms with E-state index < -0.39 is 10.0 Å². The highest BCUT2D eigenvalue weighted by molar-refractivity contribution is 7.94. The predicted molar refractivity (Wildman–Crippen MR) is 90.6 cm³/mol. The number of ether oxygens (including phenoxy) is 2. The van der Waals surface area contributed by atoms with Crippen molar-refractivity contribution in [3.05, 3.63) is 35.5 Å². The Morgan fingerprint density at radius 3 is 2.72 bits per heavy atom. The zero-order valence-corrected chi connectivity index (χ0v) is 14.7. The van der Waals surface area contributed by atoms with Crippen LogP contribution < -0.4 is 14.2 Å². The van der Waals surface area contributed by atoms with Crippen LogP contribution in [-0.4, -0.2) is 31.8 Å². The van der Waals surface area contributed by atoms with Crippen molar-refractivity contribution < 1.29 is 22.4 Å². The van der Waals surface area contributed by atoms with Crippen LogP contribution in [0.15, 0.2) is 38.4 Å². The van der Waals surface area contributed by atoms with Gasteiger partial charge in [-0.2, -0.15) is 4.98 Å². The van der Waals surface area contributed by atoms with Crippen LogP contribution in [0.1, 0.15) is 5.89 Å². The highest BCUT2D eigenvalue weighted by atomic mass is 32.2. The molecular formula is C15H13N3O5S2. The van der Waals surface area contributed by atoms with Crippen molar-refractivity contribution in [2.75, 3.05) is 17.9 Å². The first-order chi connectivity index (χ1) is 12.0. The van der Waals surface area contributed by atoms with E-state index in [4.69, 9.17) is 14.0 Å². The third-order valence-electron chi connectivity index (χ3n) is 3.42. The lowest BCUT2D eigenvalue weighted by Gasteiger charge is -2.19. The Morgan fingerprint density at radius 1 is 1.16 bits per heavy atom. The van der Waals surface area contributed by atoms with E-state index >= 15 is 0 Å². The molecule has 1 aliphatic heterocycles. The van der Waals surface area contributed by atoms with E-state index in [1.54, 1.807) is 30.5 Å². The number of anilines is 1. The Balaban J connectivity index is 1.59. The van der Waals surface area contributed by atoms with Gasteiger partial charge in [0.05, 0.1) is 5.69 Å². The van der Waals surface area contributed by atoms with Crippen molar-refractivity contribution in [1.82, 2.24) is 10.1 Å². The topological polar surface area (TPSA) is 104 Å². The molecule has 130 valence electrons. The molecular weight excluding hydrogens is 366 g/mol. The maximum absolute atomic E-state index is 12.6.